The second kappa shape index (κ2) is 4.74. The van der Waals surface area contributed by atoms with E-state index in [0.29, 0.717) is 0 Å². The molecule has 0 radical (unpaired) electrons. The summed E-state index contributed by atoms with van der Waals surface area (Å²) in [4.78, 5) is 10.1. The number of hydrogen-bond donors (Lipinski definition) is 2. The molecule has 4 heteroatoms. The first kappa shape index (κ1) is 9.03. The molecule has 0 aliphatic heterocycles. The molecule has 2 N–H and O–H groups in total. The summed E-state index contributed by atoms with van der Waals surface area (Å²) in [6.07, 6.45) is 5.69. The van der Waals surface area contributed by atoms with Crippen molar-refractivity contribution in [1.82, 2.24) is 5.43 Å². The molecule has 0 atom stereocenters. The first-order valence-electron chi connectivity index (χ1n) is 4.29. The lowest BCUT2D eigenvalue weighted by Crippen LogP contribution is -2.19. The Morgan fingerprint density at radius 2 is 2.08 bits per heavy atom. The summed E-state index contributed by atoms with van der Waals surface area (Å²) in [6.45, 7) is -0.0799. The Morgan fingerprint density at radius 1 is 1.42 bits per heavy atom. The summed E-state index contributed by atoms with van der Waals surface area (Å²) in [5, 5.41) is 12.3. The SMILES string of the molecule is O=C(O)CNN=C1CCCCC1. The fourth-order valence-electron chi connectivity index (χ4n) is 1.29. The van der Waals surface area contributed by atoms with E-state index in [1.54, 1.807) is 0 Å². The molecule has 0 unspecified atom stereocenters. The molecular weight excluding hydrogens is 156 g/mol. The quantitative estimate of drug-likeness (QED) is 0.621. The summed E-state index contributed by atoms with van der Waals surface area (Å²) in [6, 6.07) is 0. The Morgan fingerprint density at radius 3 is 2.67 bits per heavy atom. The number of carbonyl (C=O) groups is 1. The maximum absolute atomic E-state index is 10.1. The minimum atomic E-state index is -0.866. The third-order valence-electron chi connectivity index (χ3n) is 1.90. The third-order valence-corrected chi connectivity index (χ3v) is 1.90. The largest absolute Gasteiger partial charge is 0.480 e. The third kappa shape index (κ3) is 3.37. The predicted octanol–water partition coefficient (Wildman–Crippen LogP) is 0.981. The van der Waals surface area contributed by atoms with Gasteiger partial charge in [0.1, 0.15) is 6.54 Å². The minimum absolute atomic E-state index is 0.0799. The van der Waals surface area contributed by atoms with E-state index in [4.69, 9.17) is 5.11 Å². The molecule has 0 aromatic carbocycles. The van der Waals surface area contributed by atoms with Gasteiger partial charge in [0.05, 0.1) is 0 Å². The molecule has 0 spiro atoms. The van der Waals surface area contributed by atoms with Gasteiger partial charge in [-0.3, -0.25) is 10.2 Å². The molecule has 0 aromatic rings. The molecule has 1 saturated carbocycles. The van der Waals surface area contributed by atoms with Gasteiger partial charge < -0.3 is 5.11 Å². The van der Waals surface area contributed by atoms with Crippen LogP contribution in [0.4, 0.5) is 0 Å². The van der Waals surface area contributed by atoms with Crippen LogP contribution in [0.5, 0.6) is 0 Å². The standard InChI is InChI=1S/C8H14N2O2/c11-8(12)6-9-10-7-4-2-1-3-5-7/h9H,1-6H2,(H,11,12). The van der Waals surface area contributed by atoms with Crippen molar-refractivity contribution in [1.29, 1.82) is 0 Å². The van der Waals surface area contributed by atoms with Gasteiger partial charge in [0.25, 0.3) is 0 Å². The molecular formula is C8H14N2O2. The zero-order chi connectivity index (χ0) is 8.81. The van der Waals surface area contributed by atoms with E-state index in [1.165, 1.54) is 19.3 Å². The van der Waals surface area contributed by atoms with Crippen molar-refractivity contribution in [2.45, 2.75) is 32.1 Å². The normalized spacial score (nSPS) is 17.2. The minimum Gasteiger partial charge on any atom is -0.480 e. The van der Waals surface area contributed by atoms with Crippen LogP contribution < -0.4 is 5.43 Å². The summed E-state index contributed by atoms with van der Waals surface area (Å²) in [5.41, 5.74) is 3.66. The molecule has 0 amide bonds. The van der Waals surface area contributed by atoms with Crippen molar-refractivity contribution in [2.24, 2.45) is 5.10 Å². The summed E-state index contributed by atoms with van der Waals surface area (Å²) in [7, 11) is 0. The molecule has 1 aliphatic rings. The number of hydrogen-bond acceptors (Lipinski definition) is 3. The number of nitrogens with zero attached hydrogens (tertiary/aromatic N) is 1. The Hall–Kier alpha value is -1.06. The monoisotopic (exact) mass is 170 g/mol. The first-order valence-corrected chi connectivity index (χ1v) is 4.29. The Kier molecular flexibility index (Phi) is 3.57. The topological polar surface area (TPSA) is 61.7 Å². The van der Waals surface area contributed by atoms with Crippen LogP contribution in [-0.4, -0.2) is 23.3 Å². The van der Waals surface area contributed by atoms with Crippen molar-refractivity contribution in [3.8, 4) is 0 Å². The van der Waals surface area contributed by atoms with Crippen molar-refractivity contribution in [2.75, 3.05) is 6.54 Å². The number of aliphatic carboxylic acids is 1. The number of hydrazone groups is 1. The van der Waals surface area contributed by atoms with Crippen LogP contribution in [0.2, 0.25) is 0 Å². The lowest BCUT2D eigenvalue weighted by Gasteiger charge is -2.11. The van der Waals surface area contributed by atoms with Gasteiger partial charge in [0.2, 0.25) is 0 Å². The van der Waals surface area contributed by atoms with Crippen LogP contribution in [0, 0.1) is 0 Å². The Labute approximate surface area is 71.7 Å². The summed E-state index contributed by atoms with van der Waals surface area (Å²) >= 11 is 0. The van der Waals surface area contributed by atoms with E-state index in [2.05, 4.69) is 10.5 Å². The van der Waals surface area contributed by atoms with Crippen LogP contribution in [0.1, 0.15) is 32.1 Å². The molecule has 12 heavy (non-hydrogen) atoms. The average molecular weight is 170 g/mol. The van der Waals surface area contributed by atoms with E-state index in [1.807, 2.05) is 0 Å². The molecule has 1 aliphatic carbocycles. The van der Waals surface area contributed by atoms with E-state index < -0.39 is 5.97 Å². The highest BCUT2D eigenvalue weighted by Crippen LogP contribution is 2.13. The Balaban J connectivity index is 2.20. The van der Waals surface area contributed by atoms with Gasteiger partial charge in [0.15, 0.2) is 0 Å². The van der Waals surface area contributed by atoms with Crippen LogP contribution >= 0.6 is 0 Å². The van der Waals surface area contributed by atoms with E-state index in [0.717, 1.165) is 18.6 Å². The van der Waals surface area contributed by atoms with Gasteiger partial charge in [-0.2, -0.15) is 5.10 Å². The number of carboxylic acid groups (broad SMARTS) is 1. The molecule has 1 fully saturated rings. The van der Waals surface area contributed by atoms with Crippen LogP contribution in [-0.2, 0) is 4.79 Å². The smallest absolute Gasteiger partial charge is 0.324 e. The Bertz CT molecular complexity index is 181. The molecule has 4 nitrogen and oxygen atoms in total. The van der Waals surface area contributed by atoms with Crippen molar-refractivity contribution >= 4 is 11.7 Å². The highest BCUT2D eigenvalue weighted by atomic mass is 16.4. The first-order chi connectivity index (χ1) is 5.79. The fraction of sp³-hybridized carbons (Fsp3) is 0.750. The summed E-state index contributed by atoms with van der Waals surface area (Å²) in [5.74, 6) is -0.866. The predicted molar refractivity (Wildman–Crippen MR) is 46.2 cm³/mol. The number of rotatable bonds is 3. The highest BCUT2D eigenvalue weighted by molar-refractivity contribution is 5.84. The molecule has 0 heterocycles. The van der Waals surface area contributed by atoms with Gasteiger partial charge in [-0.15, -0.1) is 0 Å². The number of nitrogens with one attached hydrogen (secondary N) is 1. The van der Waals surface area contributed by atoms with Crippen LogP contribution in [0.3, 0.4) is 0 Å². The van der Waals surface area contributed by atoms with E-state index >= 15 is 0 Å². The van der Waals surface area contributed by atoms with Crippen molar-refractivity contribution in [3.63, 3.8) is 0 Å². The van der Waals surface area contributed by atoms with Gasteiger partial charge in [-0.1, -0.05) is 6.42 Å². The van der Waals surface area contributed by atoms with Gasteiger partial charge in [-0.05, 0) is 25.7 Å². The zero-order valence-electron chi connectivity index (χ0n) is 7.05. The number of carboxylic acids is 1. The lowest BCUT2D eigenvalue weighted by atomic mass is 9.99. The molecule has 0 aromatic heterocycles. The molecule has 0 bridgehead atoms. The van der Waals surface area contributed by atoms with E-state index in [9.17, 15) is 4.79 Å². The maximum atomic E-state index is 10.1. The average Bonchev–Trinajstić information content (AvgIpc) is 2.05. The second-order valence-corrected chi connectivity index (χ2v) is 2.97. The maximum Gasteiger partial charge on any atom is 0.324 e. The highest BCUT2D eigenvalue weighted by Gasteiger charge is 2.06. The molecule has 68 valence electrons. The summed E-state index contributed by atoms with van der Waals surface area (Å²) < 4.78 is 0. The van der Waals surface area contributed by atoms with Crippen LogP contribution in [0.25, 0.3) is 0 Å². The van der Waals surface area contributed by atoms with Gasteiger partial charge >= 0.3 is 5.97 Å². The second-order valence-electron chi connectivity index (χ2n) is 2.97. The van der Waals surface area contributed by atoms with Gasteiger partial charge in [-0.25, -0.2) is 0 Å². The molecule has 0 saturated heterocycles. The molecule has 1 rings (SSSR count). The van der Waals surface area contributed by atoms with Crippen molar-refractivity contribution in [3.05, 3.63) is 0 Å². The van der Waals surface area contributed by atoms with Crippen molar-refractivity contribution < 1.29 is 9.90 Å². The fourth-order valence-corrected chi connectivity index (χ4v) is 1.29. The van der Waals surface area contributed by atoms with E-state index in [-0.39, 0.29) is 6.54 Å². The van der Waals surface area contributed by atoms with Gasteiger partial charge in [0, 0.05) is 5.71 Å². The lowest BCUT2D eigenvalue weighted by molar-refractivity contribution is -0.135. The van der Waals surface area contributed by atoms with Crippen LogP contribution in [0.15, 0.2) is 5.10 Å². The zero-order valence-corrected chi connectivity index (χ0v) is 7.05.